The predicted molar refractivity (Wildman–Crippen MR) is 138 cm³/mol. The van der Waals surface area contributed by atoms with E-state index < -0.39 is 38.3 Å². The molecule has 0 fully saturated rings. The van der Waals surface area contributed by atoms with Crippen LogP contribution in [0.5, 0.6) is 0 Å². The first kappa shape index (κ1) is 25.1. The van der Waals surface area contributed by atoms with Crippen LogP contribution in [0.25, 0.3) is 10.8 Å². The van der Waals surface area contributed by atoms with E-state index in [2.05, 4.69) is 10.0 Å². The van der Waals surface area contributed by atoms with E-state index >= 15 is 0 Å². The quantitative estimate of drug-likeness (QED) is 0.357. The van der Waals surface area contributed by atoms with E-state index in [1.807, 2.05) is 30.3 Å². The van der Waals surface area contributed by atoms with Gasteiger partial charge in [0.15, 0.2) is 0 Å². The molecule has 11 heteroatoms. The molecule has 0 bridgehead atoms. The molecule has 0 radical (unpaired) electrons. The Labute approximate surface area is 208 Å². The van der Waals surface area contributed by atoms with E-state index in [9.17, 15) is 26.0 Å². The molecule has 0 aliphatic heterocycles. The van der Waals surface area contributed by atoms with E-state index in [0.717, 1.165) is 33.5 Å². The molecule has 4 aromatic rings. The molecular weight excluding hydrogens is 505 g/mol. The lowest BCUT2D eigenvalue weighted by molar-refractivity contribution is -0.114. The van der Waals surface area contributed by atoms with Gasteiger partial charge in [0, 0.05) is 11.1 Å². The van der Waals surface area contributed by atoms with Crippen LogP contribution in [0.15, 0.2) is 95.9 Å². The van der Waals surface area contributed by atoms with Gasteiger partial charge in [-0.3, -0.25) is 13.8 Å². The van der Waals surface area contributed by atoms with Crippen LogP contribution >= 0.6 is 0 Å². The number of hydrogen-bond donors (Lipinski definition) is 2. The lowest BCUT2D eigenvalue weighted by Crippen LogP contribution is -2.37. The van der Waals surface area contributed by atoms with Gasteiger partial charge in [-0.15, -0.1) is 0 Å². The Morgan fingerprint density at radius 1 is 0.861 bits per heavy atom. The van der Waals surface area contributed by atoms with Crippen LogP contribution < -0.4 is 14.3 Å². The van der Waals surface area contributed by atoms with Crippen LogP contribution in [0, 0.1) is 5.82 Å². The van der Waals surface area contributed by atoms with E-state index in [1.165, 1.54) is 36.4 Å². The van der Waals surface area contributed by atoms with E-state index in [0.29, 0.717) is 5.69 Å². The summed E-state index contributed by atoms with van der Waals surface area (Å²) in [6, 6.07) is 23.0. The van der Waals surface area contributed by atoms with Gasteiger partial charge in [-0.25, -0.2) is 21.2 Å². The number of amides is 1. The van der Waals surface area contributed by atoms with Crippen molar-refractivity contribution in [2.45, 2.75) is 4.90 Å². The van der Waals surface area contributed by atoms with Crippen molar-refractivity contribution < 1.29 is 26.0 Å². The second kappa shape index (κ2) is 9.96. The number of hydrogen-bond acceptors (Lipinski definition) is 5. The van der Waals surface area contributed by atoms with Crippen molar-refractivity contribution in [2.75, 3.05) is 27.1 Å². The summed E-state index contributed by atoms with van der Waals surface area (Å²) in [7, 11) is -7.79. The first-order valence-electron chi connectivity index (χ1n) is 10.7. The van der Waals surface area contributed by atoms with Crippen molar-refractivity contribution in [3.05, 3.63) is 96.8 Å². The van der Waals surface area contributed by atoms with Crippen molar-refractivity contribution in [3.63, 3.8) is 0 Å². The zero-order chi connectivity index (χ0) is 25.9. The molecule has 0 saturated carbocycles. The van der Waals surface area contributed by atoms with Gasteiger partial charge in [-0.2, -0.15) is 0 Å². The Morgan fingerprint density at radius 3 is 2.22 bits per heavy atom. The second-order valence-corrected chi connectivity index (χ2v) is 11.5. The average Bonchev–Trinajstić information content (AvgIpc) is 2.82. The Hall–Kier alpha value is -3.96. The SMILES string of the molecule is CS(=O)(=O)N(CC(=O)Nc1ccc(S(=O)(=O)Nc2cccc3ccccc23)cc1)c1cccc(F)c1. The molecule has 0 aliphatic rings. The molecule has 0 atom stereocenters. The van der Waals surface area contributed by atoms with E-state index in [4.69, 9.17) is 0 Å². The van der Waals surface area contributed by atoms with Gasteiger partial charge in [0.1, 0.15) is 12.4 Å². The van der Waals surface area contributed by atoms with Gasteiger partial charge in [0.2, 0.25) is 15.9 Å². The molecule has 4 aromatic carbocycles. The molecule has 0 saturated heterocycles. The maximum absolute atomic E-state index is 13.6. The third kappa shape index (κ3) is 5.81. The summed E-state index contributed by atoms with van der Waals surface area (Å²) < 4.78 is 67.1. The fraction of sp³-hybridized carbons (Fsp3) is 0.0800. The van der Waals surface area contributed by atoms with Gasteiger partial charge in [-0.1, -0.05) is 42.5 Å². The molecule has 0 aliphatic carbocycles. The molecule has 4 rings (SSSR count). The first-order chi connectivity index (χ1) is 17.0. The summed E-state index contributed by atoms with van der Waals surface area (Å²) in [6.07, 6.45) is 0.910. The van der Waals surface area contributed by atoms with Crippen LogP contribution in [0.1, 0.15) is 0 Å². The lowest BCUT2D eigenvalue weighted by Gasteiger charge is -2.22. The summed E-state index contributed by atoms with van der Waals surface area (Å²) in [5.41, 5.74) is 0.703. The first-order valence-corrected chi connectivity index (χ1v) is 14.0. The number of carbonyl (C=O) groups is 1. The second-order valence-electron chi connectivity index (χ2n) is 7.95. The van der Waals surface area contributed by atoms with Gasteiger partial charge < -0.3 is 5.32 Å². The smallest absolute Gasteiger partial charge is 0.261 e. The minimum absolute atomic E-state index is 0.00796. The normalized spacial score (nSPS) is 11.7. The van der Waals surface area contributed by atoms with Gasteiger partial charge in [0.05, 0.1) is 22.5 Å². The van der Waals surface area contributed by atoms with Crippen molar-refractivity contribution in [1.82, 2.24) is 0 Å². The molecule has 186 valence electrons. The van der Waals surface area contributed by atoms with E-state index in [1.54, 1.807) is 12.1 Å². The Bertz CT molecular complexity index is 1630. The predicted octanol–water partition coefficient (Wildman–Crippen LogP) is 4.18. The molecule has 0 aromatic heterocycles. The average molecular weight is 528 g/mol. The van der Waals surface area contributed by atoms with Crippen molar-refractivity contribution in [3.8, 4) is 0 Å². The summed E-state index contributed by atoms with van der Waals surface area (Å²) in [5, 5.41) is 4.16. The topological polar surface area (TPSA) is 113 Å². The highest BCUT2D eigenvalue weighted by Crippen LogP contribution is 2.26. The molecule has 0 unspecified atom stereocenters. The fourth-order valence-corrected chi connectivity index (χ4v) is 5.53. The number of anilines is 3. The van der Waals surface area contributed by atoms with Gasteiger partial charge in [0.25, 0.3) is 10.0 Å². The molecule has 0 spiro atoms. The zero-order valence-corrected chi connectivity index (χ0v) is 20.7. The molecule has 36 heavy (non-hydrogen) atoms. The third-order valence-electron chi connectivity index (χ3n) is 5.27. The van der Waals surface area contributed by atoms with Crippen LogP contribution in [-0.4, -0.2) is 35.5 Å². The minimum Gasteiger partial charge on any atom is -0.325 e. The highest BCUT2D eigenvalue weighted by Gasteiger charge is 2.22. The Balaban J connectivity index is 1.48. The third-order valence-corrected chi connectivity index (χ3v) is 7.79. The molecule has 2 N–H and O–H groups in total. The number of sulfonamides is 2. The monoisotopic (exact) mass is 527 g/mol. The summed E-state index contributed by atoms with van der Waals surface area (Å²) in [6.45, 7) is -0.592. The molecule has 8 nitrogen and oxygen atoms in total. The standard InChI is InChI=1S/C25H22FN3O5S2/c1-35(31,32)29(21-9-5-8-19(26)16-21)17-25(30)27-20-12-14-22(15-13-20)36(33,34)28-24-11-4-7-18-6-2-3-10-23(18)24/h2-16,28H,17H2,1H3,(H,27,30). The van der Waals surface area contributed by atoms with Crippen molar-refractivity contribution >= 4 is 53.8 Å². The minimum atomic E-state index is -3.91. The number of benzene rings is 4. The zero-order valence-electron chi connectivity index (χ0n) is 19.1. The maximum Gasteiger partial charge on any atom is 0.261 e. The highest BCUT2D eigenvalue weighted by molar-refractivity contribution is 7.92. The number of rotatable bonds is 8. The Kier molecular flexibility index (Phi) is 6.95. The maximum atomic E-state index is 13.6. The largest absolute Gasteiger partial charge is 0.325 e. The van der Waals surface area contributed by atoms with Crippen LogP contribution in [-0.2, 0) is 24.8 Å². The summed E-state index contributed by atoms with van der Waals surface area (Å²) in [4.78, 5) is 12.5. The van der Waals surface area contributed by atoms with Crippen LogP contribution in [0.3, 0.4) is 0 Å². The van der Waals surface area contributed by atoms with Gasteiger partial charge >= 0.3 is 0 Å². The number of fused-ring (bicyclic) bond motifs is 1. The number of halogens is 1. The Morgan fingerprint density at radius 2 is 1.53 bits per heavy atom. The van der Waals surface area contributed by atoms with Crippen molar-refractivity contribution in [2.24, 2.45) is 0 Å². The summed E-state index contributed by atoms with van der Waals surface area (Å²) >= 11 is 0. The van der Waals surface area contributed by atoms with E-state index in [-0.39, 0.29) is 16.3 Å². The molecular formula is C25H22FN3O5S2. The van der Waals surface area contributed by atoms with Gasteiger partial charge in [-0.05, 0) is 53.9 Å². The van der Waals surface area contributed by atoms with Crippen LogP contribution in [0.2, 0.25) is 0 Å². The van der Waals surface area contributed by atoms with Crippen molar-refractivity contribution in [1.29, 1.82) is 0 Å². The highest BCUT2D eigenvalue weighted by atomic mass is 32.2. The fourth-order valence-electron chi connectivity index (χ4n) is 3.60. The van der Waals surface area contributed by atoms with Crippen LogP contribution in [0.4, 0.5) is 21.5 Å². The number of nitrogens with one attached hydrogen (secondary N) is 2. The number of nitrogens with zero attached hydrogens (tertiary/aromatic N) is 1. The molecule has 1 amide bonds. The number of carbonyl (C=O) groups excluding carboxylic acids is 1. The lowest BCUT2D eigenvalue weighted by atomic mass is 10.1. The summed E-state index contributed by atoms with van der Waals surface area (Å²) in [5.74, 6) is -1.33. The molecule has 0 heterocycles.